The summed E-state index contributed by atoms with van der Waals surface area (Å²) < 4.78 is 25.4. The number of carbonyl (C=O) groups excluding carboxylic acids is 1. The Morgan fingerprint density at radius 2 is 2.10 bits per heavy atom. The van der Waals surface area contributed by atoms with Gasteiger partial charge in [-0.3, -0.25) is 0 Å². The van der Waals surface area contributed by atoms with E-state index in [-0.39, 0.29) is 18.4 Å². The van der Waals surface area contributed by atoms with Gasteiger partial charge < -0.3 is 14.0 Å². The molecular weight excluding hydrogens is 273 g/mol. The molecule has 2 aromatic rings. The Kier molecular flexibility index (Phi) is 5.33. The second kappa shape index (κ2) is 7.22. The van der Waals surface area contributed by atoms with Gasteiger partial charge in [-0.05, 0) is 37.6 Å². The Balaban J connectivity index is 2.13. The third kappa shape index (κ3) is 3.61. The lowest BCUT2D eigenvalue weighted by Crippen LogP contribution is -2.22. The summed E-state index contributed by atoms with van der Waals surface area (Å²) in [6.07, 6.45) is 2.40. The summed E-state index contributed by atoms with van der Waals surface area (Å²) in [6.45, 7) is 5.06. The van der Waals surface area contributed by atoms with Gasteiger partial charge >= 0.3 is 5.97 Å². The van der Waals surface area contributed by atoms with E-state index in [2.05, 4.69) is 0 Å². The van der Waals surface area contributed by atoms with Crippen molar-refractivity contribution in [2.45, 2.75) is 26.3 Å². The van der Waals surface area contributed by atoms with Crippen molar-refractivity contribution < 1.29 is 18.7 Å². The lowest BCUT2D eigenvalue weighted by molar-refractivity contribution is -0.149. The number of esters is 1. The number of nitrogens with zero attached hydrogens (tertiary/aromatic N) is 1. The monoisotopic (exact) mass is 293 g/mol. The molecule has 0 N–H and O–H groups in total. The number of fused-ring (bicyclic) bond motifs is 1. The first-order valence-electron chi connectivity index (χ1n) is 7.17. The number of carbonyl (C=O) groups is 1. The first kappa shape index (κ1) is 15.5. The molecule has 114 valence electrons. The predicted molar refractivity (Wildman–Crippen MR) is 78.7 cm³/mol. The molecule has 0 amide bonds. The average molecular weight is 293 g/mol. The van der Waals surface area contributed by atoms with Crippen molar-refractivity contribution in [1.82, 2.24) is 4.57 Å². The molecule has 0 fully saturated rings. The van der Waals surface area contributed by atoms with Gasteiger partial charge in [0.1, 0.15) is 18.5 Å². The molecule has 1 unspecified atom stereocenters. The minimum atomic E-state index is -0.408. The van der Waals surface area contributed by atoms with Gasteiger partial charge in [-0.2, -0.15) is 0 Å². The number of benzene rings is 1. The topological polar surface area (TPSA) is 40.5 Å². The number of hydrogen-bond acceptors (Lipinski definition) is 3. The molecule has 0 bridgehead atoms. The third-order valence-corrected chi connectivity index (χ3v) is 3.35. The van der Waals surface area contributed by atoms with Crippen LogP contribution in [0.1, 0.15) is 26.3 Å². The minimum Gasteiger partial charge on any atom is -0.462 e. The van der Waals surface area contributed by atoms with Crippen LogP contribution in [0.3, 0.4) is 0 Å². The standard InChI is InChI=1S/C16H20FNO3/c1-3-14(16(19)21-10-9-20-4-2)18-8-7-12-11-13(17)5-6-15(12)18/h5-8,11,14H,3-4,9-10H2,1-2H3. The molecule has 0 saturated carbocycles. The second-order valence-electron chi connectivity index (χ2n) is 4.71. The minimum absolute atomic E-state index is 0.247. The fourth-order valence-electron chi connectivity index (χ4n) is 2.33. The van der Waals surface area contributed by atoms with E-state index in [0.29, 0.717) is 19.6 Å². The summed E-state index contributed by atoms with van der Waals surface area (Å²) >= 11 is 0. The summed E-state index contributed by atoms with van der Waals surface area (Å²) in [6, 6.07) is 5.93. The molecule has 0 aliphatic heterocycles. The van der Waals surface area contributed by atoms with Crippen molar-refractivity contribution in [3.63, 3.8) is 0 Å². The fraction of sp³-hybridized carbons (Fsp3) is 0.438. The zero-order valence-electron chi connectivity index (χ0n) is 12.3. The molecule has 1 aromatic carbocycles. The van der Waals surface area contributed by atoms with E-state index in [1.54, 1.807) is 18.3 Å². The Labute approximate surface area is 123 Å². The summed E-state index contributed by atoms with van der Waals surface area (Å²) in [7, 11) is 0. The van der Waals surface area contributed by atoms with Crippen LogP contribution in [0.5, 0.6) is 0 Å². The van der Waals surface area contributed by atoms with Gasteiger partial charge in [-0.25, -0.2) is 9.18 Å². The van der Waals surface area contributed by atoms with Gasteiger partial charge in [-0.15, -0.1) is 0 Å². The second-order valence-corrected chi connectivity index (χ2v) is 4.71. The van der Waals surface area contributed by atoms with E-state index < -0.39 is 6.04 Å². The van der Waals surface area contributed by atoms with E-state index in [4.69, 9.17) is 9.47 Å². The molecular formula is C16H20FNO3. The first-order valence-corrected chi connectivity index (χ1v) is 7.17. The average Bonchev–Trinajstić information content (AvgIpc) is 2.87. The molecule has 1 atom stereocenters. The maximum atomic E-state index is 13.2. The Hall–Kier alpha value is -1.88. The highest BCUT2D eigenvalue weighted by atomic mass is 19.1. The zero-order valence-corrected chi connectivity index (χ0v) is 12.3. The van der Waals surface area contributed by atoms with E-state index in [9.17, 15) is 9.18 Å². The van der Waals surface area contributed by atoms with Gasteiger partial charge in [0.25, 0.3) is 0 Å². The molecule has 1 aromatic heterocycles. The van der Waals surface area contributed by atoms with Crippen LogP contribution >= 0.6 is 0 Å². The van der Waals surface area contributed by atoms with Gasteiger partial charge in [0.05, 0.1) is 6.61 Å². The lowest BCUT2D eigenvalue weighted by atomic mass is 10.2. The van der Waals surface area contributed by atoms with Crippen molar-refractivity contribution >= 4 is 16.9 Å². The number of hydrogen-bond donors (Lipinski definition) is 0. The molecule has 0 spiro atoms. The van der Waals surface area contributed by atoms with Gasteiger partial charge in [0.15, 0.2) is 0 Å². The van der Waals surface area contributed by atoms with Gasteiger partial charge in [0, 0.05) is 23.7 Å². The fourth-order valence-corrected chi connectivity index (χ4v) is 2.33. The van der Waals surface area contributed by atoms with Gasteiger partial charge in [-0.1, -0.05) is 6.92 Å². The molecule has 4 nitrogen and oxygen atoms in total. The SMILES string of the molecule is CCOCCOC(=O)C(CC)n1ccc2cc(F)ccc21. The number of ether oxygens (including phenoxy) is 2. The van der Waals surface area contributed by atoms with E-state index in [0.717, 1.165) is 10.9 Å². The highest BCUT2D eigenvalue weighted by molar-refractivity contribution is 5.83. The molecule has 1 heterocycles. The molecule has 2 rings (SSSR count). The van der Waals surface area contributed by atoms with Crippen LogP contribution in [-0.4, -0.2) is 30.4 Å². The normalized spacial score (nSPS) is 12.5. The van der Waals surface area contributed by atoms with Crippen LogP contribution in [0.2, 0.25) is 0 Å². The first-order chi connectivity index (χ1) is 10.2. The number of halogens is 1. The van der Waals surface area contributed by atoms with Crippen LogP contribution in [0.25, 0.3) is 10.9 Å². The van der Waals surface area contributed by atoms with Crippen molar-refractivity contribution in [1.29, 1.82) is 0 Å². The highest BCUT2D eigenvalue weighted by Gasteiger charge is 2.21. The predicted octanol–water partition coefficient (Wildman–Crippen LogP) is 3.31. The molecule has 0 aliphatic carbocycles. The number of rotatable bonds is 7. The van der Waals surface area contributed by atoms with Crippen LogP contribution in [0, 0.1) is 5.82 Å². The largest absolute Gasteiger partial charge is 0.462 e. The summed E-state index contributed by atoms with van der Waals surface area (Å²) in [5, 5.41) is 0.774. The molecule has 5 heteroatoms. The van der Waals surface area contributed by atoms with Crippen LogP contribution in [0.15, 0.2) is 30.5 Å². The van der Waals surface area contributed by atoms with Crippen molar-refractivity contribution in [2.24, 2.45) is 0 Å². The molecule has 0 aliphatic rings. The van der Waals surface area contributed by atoms with Crippen LogP contribution in [-0.2, 0) is 14.3 Å². The Morgan fingerprint density at radius 1 is 1.29 bits per heavy atom. The summed E-state index contributed by atoms with van der Waals surface area (Å²) in [4.78, 5) is 12.2. The molecule has 0 saturated heterocycles. The molecule has 21 heavy (non-hydrogen) atoms. The Morgan fingerprint density at radius 3 is 2.81 bits per heavy atom. The zero-order chi connectivity index (χ0) is 15.2. The summed E-state index contributed by atoms with van der Waals surface area (Å²) in [5.74, 6) is -0.577. The maximum absolute atomic E-state index is 13.2. The smallest absolute Gasteiger partial charge is 0.329 e. The van der Waals surface area contributed by atoms with Gasteiger partial charge in [0.2, 0.25) is 0 Å². The number of aromatic nitrogens is 1. The lowest BCUT2D eigenvalue weighted by Gasteiger charge is -2.17. The molecule has 0 radical (unpaired) electrons. The van der Waals surface area contributed by atoms with Crippen molar-refractivity contribution in [3.8, 4) is 0 Å². The van der Waals surface area contributed by atoms with Crippen LogP contribution in [0.4, 0.5) is 4.39 Å². The van der Waals surface area contributed by atoms with E-state index in [1.165, 1.54) is 12.1 Å². The third-order valence-electron chi connectivity index (χ3n) is 3.35. The van der Waals surface area contributed by atoms with Crippen molar-refractivity contribution in [2.75, 3.05) is 19.8 Å². The van der Waals surface area contributed by atoms with E-state index >= 15 is 0 Å². The van der Waals surface area contributed by atoms with Crippen molar-refractivity contribution in [3.05, 3.63) is 36.3 Å². The highest BCUT2D eigenvalue weighted by Crippen LogP contribution is 2.23. The summed E-state index contributed by atoms with van der Waals surface area (Å²) in [5.41, 5.74) is 0.824. The quantitative estimate of drug-likeness (QED) is 0.581. The van der Waals surface area contributed by atoms with E-state index in [1.807, 2.05) is 18.4 Å². The Bertz CT molecular complexity index is 609. The van der Waals surface area contributed by atoms with Crippen LogP contribution < -0.4 is 0 Å². The maximum Gasteiger partial charge on any atom is 0.329 e.